The predicted octanol–water partition coefficient (Wildman–Crippen LogP) is 4.75. The van der Waals surface area contributed by atoms with Gasteiger partial charge >= 0.3 is 5.97 Å². The van der Waals surface area contributed by atoms with Crippen molar-refractivity contribution in [2.24, 2.45) is 0 Å². The molecule has 3 aromatic rings. The number of ether oxygens (including phenoxy) is 1. The van der Waals surface area contributed by atoms with E-state index in [4.69, 9.17) is 4.74 Å². The molecule has 0 unspecified atom stereocenters. The van der Waals surface area contributed by atoms with Crippen molar-refractivity contribution in [2.75, 3.05) is 11.9 Å². The number of carbonyl (C=O) groups is 3. The number of esters is 1. The highest BCUT2D eigenvalue weighted by Gasteiger charge is 2.24. The molecule has 1 aliphatic carbocycles. The second kappa shape index (κ2) is 9.39. The standard InChI is InChI=1S/C26H22N2O4S/c1-15-10-11-17(12-16(15)2)24(30)19-6-3-4-7-20(19)26(31)32-14-23(29)28-25-21(13-27)18-8-5-9-22(18)33-25/h3-4,6-7,10-12H,5,8-9,14H2,1-2H3,(H,28,29). The normalized spacial score (nSPS) is 12.0. The Morgan fingerprint density at radius 3 is 2.55 bits per heavy atom. The number of anilines is 1. The summed E-state index contributed by atoms with van der Waals surface area (Å²) in [5.74, 6) is -1.58. The van der Waals surface area contributed by atoms with Crippen molar-refractivity contribution < 1.29 is 19.1 Å². The van der Waals surface area contributed by atoms with Gasteiger partial charge in [0.15, 0.2) is 12.4 Å². The van der Waals surface area contributed by atoms with Crippen molar-refractivity contribution in [1.29, 1.82) is 5.26 Å². The Hall–Kier alpha value is -3.76. The van der Waals surface area contributed by atoms with Crippen molar-refractivity contribution in [3.63, 3.8) is 0 Å². The van der Waals surface area contributed by atoms with E-state index in [0.717, 1.165) is 40.8 Å². The fourth-order valence-electron chi connectivity index (χ4n) is 3.88. The molecule has 1 amide bonds. The zero-order chi connectivity index (χ0) is 23.5. The third-order valence-corrected chi connectivity index (χ3v) is 6.99. The Balaban J connectivity index is 1.45. The van der Waals surface area contributed by atoms with Gasteiger partial charge < -0.3 is 10.1 Å². The number of hydrogen-bond donors (Lipinski definition) is 1. The van der Waals surface area contributed by atoms with Crippen LogP contribution in [0.4, 0.5) is 5.00 Å². The highest BCUT2D eigenvalue weighted by atomic mass is 32.1. The second-order valence-electron chi connectivity index (χ2n) is 7.97. The van der Waals surface area contributed by atoms with Gasteiger partial charge in [0.05, 0.1) is 11.1 Å². The fourth-order valence-corrected chi connectivity index (χ4v) is 5.14. The molecule has 166 valence electrons. The first-order valence-corrected chi connectivity index (χ1v) is 11.4. The van der Waals surface area contributed by atoms with Crippen LogP contribution in [0.25, 0.3) is 0 Å². The molecule has 4 rings (SSSR count). The molecule has 1 N–H and O–H groups in total. The quantitative estimate of drug-likeness (QED) is 0.425. The van der Waals surface area contributed by atoms with Crippen LogP contribution in [0.3, 0.4) is 0 Å². The Morgan fingerprint density at radius 1 is 1.06 bits per heavy atom. The summed E-state index contributed by atoms with van der Waals surface area (Å²) in [7, 11) is 0. The molecule has 1 heterocycles. The molecule has 0 radical (unpaired) electrons. The Kier molecular flexibility index (Phi) is 6.38. The van der Waals surface area contributed by atoms with Gasteiger partial charge in [-0.05, 0) is 61.9 Å². The maximum atomic E-state index is 13.0. The third kappa shape index (κ3) is 4.57. The number of nitrogens with zero attached hydrogens (tertiary/aromatic N) is 1. The van der Waals surface area contributed by atoms with Crippen LogP contribution < -0.4 is 5.32 Å². The number of ketones is 1. The van der Waals surface area contributed by atoms with Crippen LogP contribution in [0.2, 0.25) is 0 Å². The van der Waals surface area contributed by atoms with E-state index in [-0.39, 0.29) is 16.9 Å². The van der Waals surface area contributed by atoms with Gasteiger partial charge in [-0.25, -0.2) is 4.79 Å². The van der Waals surface area contributed by atoms with Crippen molar-refractivity contribution in [1.82, 2.24) is 0 Å². The number of rotatable bonds is 6. The molecule has 0 aliphatic heterocycles. The van der Waals surface area contributed by atoms with Crippen LogP contribution in [0, 0.1) is 25.2 Å². The van der Waals surface area contributed by atoms with Crippen LogP contribution >= 0.6 is 11.3 Å². The molecular formula is C26H22N2O4S. The number of thiophene rings is 1. The van der Waals surface area contributed by atoms with Gasteiger partial charge in [0, 0.05) is 16.0 Å². The minimum Gasteiger partial charge on any atom is -0.452 e. The van der Waals surface area contributed by atoms with Gasteiger partial charge in [0.2, 0.25) is 0 Å². The largest absolute Gasteiger partial charge is 0.452 e. The second-order valence-corrected chi connectivity index (χ2v) is 9.08. The molecule has 1 aromatic heterocycles. The number of benzene rings is 2. The maximum absolute atomic E-state index is 13.0. The molecule has 6 nitrogen and oxygen atoms in total. The molecule has 0 spiro atoms. The lowest BCUT2D eigenvalue weighted by atomic mass is 9.96. The van der Waals surface area contributed by atoms with E-state index in [1.165, 1.54) is 17.4 Å². The molecule has 33 heavy (non-hydrogen) atoms. The molecule has 7 heteroatoms. The highest BCUT2D eigenvalue weighted by molar-refractivity contribution is 7.16. The Morgan fingerprint density at radius 2 is 1.82 bits per heavy atom. The van der Waals surface area contributed by atoms with Gasteiger partial charge in [-0.15, -0.1) is 11.3 Å². The summed E-state index contributed by atoms with van der Waals surface area (Å²) in [5.41, 5.74) is 4.35. The molecule has 1 aliphatic rings. The summed E-state index contributed by atoms with van der Waals surface area (Å²) in [6, 6.07) is 13.9. The lowest BCUT2D eigenvalue weighted by Gasteiger charge is -2.10. The summed E-state index contributed by atoms with van der Waals surface area (Å²) in [4.78, 5) is 39.3. The molecule has 0 saturated heterocycles. The van der Waals surface area contributed by atoms with Crippen LogP contribution in [0.5, 0.6) is 0 Å². The first kappa shape index (κ1) is 22.4. The topological polar surface area (TPSA) is 96.3 Å². The van der Waals surface area contributed by atoms with Gasteiger partial charge in [0.25, 0.3) is 5.91 Å². The summed E-state index contributed by atoms with van der Waals surface area (Å²) in [6.07, 6.45) is 2.76. The smallest absolute Gasteiger partial charge is 0.339 e. The Labute approximate surface area is 195 Å². The Bertz CT molecular complexity index is 1320. The van der Waals surface area contributed by atoms with Crippen LogP contribution in [0.15, 0.2) is 42.5 Å². The molecule has 0 fully saturated rings. The van der Waals surface area contributed by atoms with E-state index in [0.29, 0.717) is 16.1 Å². The predicted molar refractivity (Wildman–Crippen MR) is 126 cm³/mol. The average molecular weight is 459 g/mol. The van der Waals surface area contributed by atoms with Crippen molar-refractivity contribution in [3.8, 4) is 6.07 Å². The van der Waals surface area contributed by atoms with E-state index >= 15 is 0 Å². The summed E-state index contributed by atoms with van der Waals surface area (Å²) in [5, 5.41) is 12.6. The molecular weight excluding hydrogens is 436 g/mol. The minimum atomic E-state index is -0.757. The van der Waals surface area contributed by atoms with E-state index in [1.54, 1.807) is 30.3 Å². The third-order valence-electron chi connectivity index (χ3n) is 5.78. The first-order valence-electron chi connectivity index (χ1n) is 10.6. The zero-order valence-corrected chi connectivity index (χ0v) is 19.2. The van der Waals surface area contributed by atoms with Gasteiger partial charge in [-0.1, -0.05) is 30.3 Å². The summed E-state index contributed by atoms with van der Waals surface area (Å²) >= 11 is 1.40. The number of carbonyl (C=O) groups excluding carboxylic acids is 3. The molecule has 0 atom stereocenters. The SMILES string of the molecule is Cc1ccc(C(=O)c2ccccc2C(=O)OCC(=O)Nc2sc3c(c2C#N)CCC3)cc1C. The average Bonchev–Trinajstić information content (AvgIpc) is 3.39. The molecule has 2 aromatic carbocycles. The summed E-state index contributed by atoms with van der Waals surface area (Å²) < 4.78 is 5.20. The van der Waals surface area contributed by atoms with E-state index < -0.39 is 18.5 Å². The van der Waals surface area contributed by atoms with Gasteiger partial charge in [-0.2, -0.15) is 5.26 Å². The molecule has 0 bridgehead atoms. The number of aryl methyl sites for hydroxylation is 3. The van der Waals surface area contributed by atoms with Gasteiger partial charge in [-0.3, -0.25) is 9.59 Å². The number of nitrogens with one attached hydrogen (secondary N) is 1. The van der Waals surface area contributed by atoms with Crippen LogP contribution in [0.1, 0.15) is 59.8 Å². The van der Waals surface area contributed by atoms with Crippen LogP contribution in [-0.2, 0) is 22.4 Å². The fraction of sp³-hybridized carbons (Fsp3) is 0.231. The first-order chi connectivity index (χ1) is 15.9. The number of amides is 1. The van der Waals surface area contributed by atoms with Gasteiger partial charge in [0.1, 0.15) is 11.1 Å². The highest BCUT2D eigenvalue weighted by Crippen LogP contribution is 2.38. The van der Waals surface area contributed by atoms with E-state index in [9.17, 15) is 19.6 Å². The minimum absolute atomic E-state index is 0.0985. The van der Waals surface area contributed by atoms with Crippen molar-refractivity contribution in [3.05, 3.63) is 86.3 Å². The van der Waals surface area contributed by atoms with E-state index in [2.05, 4.69) is 11.4 Å². The summed E-state index contributed by atoms with van der Waals surface area (Å²) in [6.45, 7) is 3.37. The lowest BCUT2D eigenvalue weighted by Crippen LogP contribution is -2.22. The van der Waals surface area contributed by atoms with Crippen molar-refractivity contribution in [2.45, 2.75) is 33.1 Å². The zero-order valence-electron chi connectivity index (χ0n) is 18.4. The lowest BCUT2D eigenvalue weighted by molar-refractivity contribution is -0.119. The number of hydrogen-bond acceptors (Lipinski definition) is 6. The number of fused-ring (bicyclic) bond motifs is 1. The number of nitriles is 1. The molecule has 0 saturated carbocycles. The maximum Gasteiger partial charge on any atom is 0.339 e. The van der Waals surface area contributed by atoms with Crippen LogP contribution in [-0.4, -0.2) is 24.3 Å². The van der Waals surface area contributed by atoms with E-state index in [1.807, 2.05) is 19.9 Å². The van der Waals surface area contributed by atoms with Crippen molar-refractivity contribution >= 4 is 34.0 Å². The monoisotopic (exact) mass is 458 g/mol.